The van der Waals surface area contributed by atoms with Crippen LogP contribution in [-0.4, -0.2) is 19.7 Å². The Morgan fingerprint density at radius 2 is 1.96 bits per heavy atom. The lowest BCUT2D eigenvalue weighted by molar-refractivity contribution is 0.140. The molecule has 0 bridgehead atoms. The number of ether oxygens (including phenoxy) is 2. The van der Waals surface area contributed by atoms with E-state index < -0.39 is 6.09 Å². The number of nitrogens with one attached hydrogen (secondary N) is 1. The second kappa shape index (κ2) is 9.26. The summed E-state index contributed by atoms with van der Waals surface area (Å²) in [6.45, 7) is 2.71. The van der Waals surface area contributed by atoms with Gasteiger partial charge in [-0.25, -0.2) is 4.79 Å². The van der Waals surface area contributed by atoms with Gasteiger partial charge in [-0.3, -0.25) is 0 Å². The molecule has 4 heteroatoms. The van der Waals surface area contributed by atoms with Crippen molar-refractivity contribution in [3.05, 3.63) is 65.2 Å². The highest BCUT2D eigenvalue weighted by Crippen LogP contribution is 2.15. The molecule has 0 unspecified atom stereocenters. The molecule has 2 rings (SSSR count). The van der Waals surface area contributed by atoms with Gasteiger partial charge in [0.25, 0.3) is 0 Å². The minimum atomic E-state index is -0.433. The number of methoxy groups -OCH3 is 1. The Labute approximate surface area is 142 Å². The van der Waals surface area contributed by atoms with Gasteiger partial charge in [0.1, 0.15) is 12.4 Å². The first-order valence-corrected chi connectivity index (χ1v) is 7.76. The lowest BCUT2D eigenvalue weighted by Crippen LogP contribution is -2.24. The molecule has 0 fully saturated rings. The van der Waals surface area contributed by atoms with Crippen molar-refractivity contribution >= 4 is 6.09 Å². The van der Waals surface area contributed by atoms with E-state index in [0.717, 1.165) is 22.4 Å². The molecule has 0 aliphatic heterocycles. The Morgan fingerprint density at radius 1 is 1.17 bits per heavy atom. The standard InChI is InChI=1S/C20H21NO3/c1-16-12-18(14-19(13-16)23-2)10-6-7-11-21-20(22)24-15-17-8-4-3-5-9-17/h3-5,8-9,12-14H,7,11,15H2,1-2H3,(H,21,22). The van der Waals surface area contributed by atoms with E-state index in [2.05, 4.69) is 17.2 Å². The van der Waals surface area contributed by atoms with Crippen molar-refractivity contribution in [2.75, 3.05) is 13.7 Å². The zero-order valence-corrected chi connectivity index (χ0v) is 14.0. The molecule has 1 N–H and O–H groups in total. The molecule has 0 atom stereocenters. The molecule has 0 spiro atoms. The molecule has 0 heterocycles. The van der Waals surface area contributed by atoms with Gasteiger partial charge in [0.05, 0.1) is 7.11 Å². The fraction of sp³-hybridized carbons (Fsp3) is 0.250. The van der Waals surface area contributed by atoms with Crippen molar-refractivity contribution < 1.29 is 14.3 Å². The van der Waals surface area contributed by atoms with Gasteiger partial charge >= 0.3 is 6.09 Å². The van der Waals surface area contributed by atoms with Crippen molar-refractivity contribution in [1.82, 2.24) is 5.32 Å². The Balaban J connectivity index is 1.71. The summed E-state index contributed by atoms with van der Waals surface area (Å²) >= 11 is 0. The van der Waals surface area contributed by atoms with Crippen LogP contribution in [0.4, 0.5) is 4.79 Å². The molecule has 2 aromatic carbocycles. The average Bonchev–Trinajstić information content (AvgIpc) is 2.60. The average molecular weight is 323 g/mol. The molecule has 0 saturated heterocycles. The van der Waals surface area contributed by atoms with Crippen molar-refractivity contribution in [2.24, 2.45) is 0 Å². The number of benzene rings is 2. The second-order valence-corrected chi connectivity index (χ2v) is 5.28. The number of amides is 1. The van der Waals surface area contributed by atoms with Gasteiger partial charge in [-0.2, -0.15) is 0 Å². The van der Waals surface area contributed by atoms with E-state index >= 15 is 0 Å². The third-order valence-electron chi connectivity index (χ3n) is 3.25. The van der Waals surface area contributed by atoms with Crippen LogP contribution in [-0.2, 0) is 11.3 Å². The van der Waals surface area contributed by atoms with Gasteiger partial charge in [-0.05, 0) is 36.2 Å². The van der Waals surface area contributed by atoms with Gasteiger partial charge in [0.2, 0.25) is 0 Å². The highest BCUT2D eigenvalue weighted by molar-refractivity contribution is 5.67. The second-order valence-electron chi connectivity index (χ2n) is 5.28. The van der Waals surface area contributed by atoms with Crippen LogP contribution in [0.25, 0.3) is 0 Å². The van der Waals surface area contributed by atoms with Gasteiger partial charge in [0, 0.05) is 18.5 Å². The number of rotatable bonds is 5. The first kappa shape index (κ1) is 17.4. The maximum atomic E-state index is 11.6. The van der Waals surface area contributed by atoms with Crippen LogP contribution in [0.3, 0.4) is 0 Å². The Morgan fingerprint density at radius 3 is 2.71 bits per heavy atom. The first-order chi connectivity index (χ1) is 11.7. The van der Waals surface area contributed by atoms with Crippen LogP contribution in [0, 0.1) is 18.8 Å². The van der Waals surface area contributed by atoms with Gasteiger partial charge in [-0.15, -0.1) is 0 Å². The summed E-state index contributed by atoms with van der Waals surface area (Å²) in [5, 5.41) is 2.68. The van der Waals surface area contributed by atoms with E-state index in [9.17, 15) is 4.79 Å². The van der Waals surface area contributed by atoms with Crippen LogP contribution in [0.15, 0.2) is 48.5 Å². The number of carbonyl (C=O) groups is 1. The van der Waals surface area contributed by atoms with E-state index in [1.165, 1.54) is 0 Å². The SMILES string of the molecule is COc1cc(C)cc(C#CCCNC(=O)OCc2ccccc2)c1. The Hall–Kier alpha value is -2.93. The quantitative estimate of drug-likeness (QED) is 0.674. The van der Waals surface area contributed by atoms with Gasteiger partial charge in [-0.1, -0.05) is 42.2 Å². The first-order valence-electron chi connectivity index (χ1n) is 7.76. The third kappa shape index (κ3) is 6.05. The fourth-order valence-electron chi connectivity index (χ4n) is 2.10. The van der Waals surface area contributed by atoms with Crippen molar-refractivity contribution in [1.29, 1.82) is 0 Å². The van der Waals surface area contributed by atoms with Gasteiger partial charge in [0.15, 0.2) is 0 Å². The minimum Gasteiger partial charge on any atom is -0.497 e. The van der Waals surface area contributed by atoms with Crippen LogP contribution < -0.4 is 10.1 Å². The predicted octanol–water partition coefficient (Wildman–Crippen LogP) is 3.67. The van der Waals surface area contributed by atoms with Crippen molar-refractivity contribution in [3.63, 3.8) is 0 Å². The maximum absolute atomic E-state index is 11.6. The topological polar surface area (TPSA) is 47.6 Å². The number of aryl methyl sites for hydroxylation is 1. The zero-order valence-electron chi connectivity index (χ0n) is 14.0. The van der Waals surface area contributed by atoms with Crippen LogP contribution in [0.5, 0.6) is 5.75 Å². The number of hydrogen-bond donors (Lipinski definition) is 1. The van der Waals surface area contributed by atoms with E-state index in [1.54, 1.807) is 7.11 Å². The summed E-state index contributed by atoms with van der Waals surface area (Å²) in [5.74, 6) is 6.90. The predicted molar refractivity (Wildman–Crippen MR) is 93.9 cm³/mol. The van der Waals surface area contributed by atoms with Crippen LogP contribution in [0.1, 0.15) is 23.1 Å². The number of hydrogen-bond acceptors (Lipinski definition) is 3. The van der Waals surface area contributed by atoms with E-state index in [1.807, 2.05) is 55.5 Å². The molecular formula is C20H21NO3. The summed E-state index contributed by atoms with van der Waals surface area (Å²) in [7, 11) is 1.64. The summed E-state index contributed by atoms with van der Waals surface area (Å²) in [6, 6.07) is 15.4. The highest BCUT2D eigenvalue weighted by atomic mass is 16.5. The molecule has 0 aliphatic carbocycles. The summed E-state index contributed by atoms with van der Waals surface area (Å²) in [6.07, 6.45) is 0.120. The van der Waals surface area contributed by atoms with E-state index in [-0.39, 0.29) is 6.61 Å². The van der Waals surface area contributed by atoms with Crippen LogP contribution >= 0.6 is 0 Å². The maximum Gasteiger partial charge on any atom is 0.407 e. The number of alkyl carbamates (subject to hydrolysis) is 1. The lowest BCUT2D eigenvalue weighted by atomic mass is 10.1. The molecule has 2 aromatic rings. The largest absolute Gasteiger partial charge is 0.497 e. The summed E-state index contributed by atoms with van der Waals surface area (Å²) in [5.41, 5.74) is 2.96. The zero-order chi connectivity index (χ0) is 17.2. The Kier molecular flexibility index (Phi) is 6.73. The number of carbonyl (C=O) groups excluding carboxylic acids is 1. The molecule has 4 nitrogen and oxygen atoms in total. The fourth-order valence-corrected chi connectivity index (χ4v) is 2.10. The van der Waals surface area contributed by atoms with E-state index in [4.69, 9.17) is 9.47 Å². The molecule has 124 valence electrons. The molecule has 0 radical (unpaired) electrons. The molecule has 1 amide bonds. The van der Waals surface area contributed by atoms with Gasteiger partial charge < -0.3 is 14.8 Å². The monoisotopic (exact) mass is 323 g/mol. The summed E-state index contributed by atoms with van der Waals surface area (Å²) in [4.78, 5) is 11.6. The van der Waals surface area contributed by atoms with Crippen molar-refractivity contribution in [3.8, 4) is 17.6 Å². The van der Waals surface area contributed by atoms with E-state index in [0.29, 0.717) is 13.0 Å². The van der Waals surface area contributed by atoms with Crippen molar-refractivity contribution in [2.45, 2.75) is 20.0 Å². The molecule has 0 aromatic heterocycles. The molecule has 0 saturated carbocycles. The smallest absolute Gasteiger partial charge is 0.407 e. The normalized spacial score (nSPS) is 9.58. The third-order valence-corrected chi connectivity index (χ3v) is 3.25. The molecule has 24 heavy (non-hydrogen) atoms. The minimum absolute atomic E-state index is 0.265. The molecular weight excluding hydrogens is 302 g/mol. The lowest BCUT2D eigenvalue weighted by Gasteiger charge is -2.05. The Bertz CT molecular complexity index is 730. The van der Waals surface area contributed by atoms with Crippen LogP contribution in [0.2, 0.25) is 0 Å². The molecule has 0 aliphatic rings. The highest BCUT2D eigenvalue weighted by Gasteiger charge is 2.00. The summed E-state index contributed by atoms with van der Waals surface area (Å²) < 4.78 is 10.3.